The number of methoxy groups -OCH3 is 1. The highest BCUT2D eigenvalue weighted by Crippen LogP contribution is 2.28. The number of amides is 1. The van der Waals surface area contributed by atoms with Crippen molar-refractivity contribution >= 4 is 5.91 Å². The molecule has 0 fully saturated rings. The highest BCUT2D eigenvalue weighted by Gasteiger charge is 2.14. The van der Waals surface area contributed by atoms with Gasteiger partial charge in [0.25, 0.3) is 0 Å². The second-order valence-corrected chi connectivity index (χ2v) is 7.50. The fourth-order valence-corrected chi connectivity index (χ4v) is 3.78. The summed E-state index contributed by atoms with van der Waals surface area (Å²) in [6.07, 6.45) is 11.1. The van der Waals surface area contributed by atoms with E-state index in [9.17, 15) is 4.79 Å². The van der Waals surface area contributed by atoms with Crippen LogP contribution in [0.15, 0.2) is 36.4 Å². The molecule has 4 heteroatoms. The molecule has 0 spiro atoms. The SMILES string of the molecule is C#CCOc1ccc(CCC(=O)NC(C)c2ccc3c(c2)CCCC3)cc1OC. The molecule has 0 saturated carbocycles. The molecule has 3 rings (SSSR count). The van der Waals surface area contributed by atoms with Crippen molar-refractivity contribution in [2.75, 3.05) is 13.7 Å². The van der Waals surface area contributed by atoms with Crippen molar-refractivity contribution < 1.29 is 14.3 Å². The van der Waals surface area contributed by atoms with Gasteiger partial charge in [0.2, 0.25) is 5.91 Å². The molecule has 0 heterocycles. The Morgan fingerprint density at radius 1 is 1.14 bits per heavy atom. The minimum Gasteiger partial charge on any atom is -0.493 e. The van der Waals surface area contributed by atoms with E-state index in [2.05, 4.69) is 29.4 Å². The average molecular weight is 392 g/mol. The van der Waals surface area contributed by atoms with Gasteiger partial charge in [0.15, 0.2) is 11.5 Å². The highest BCUT2D eigenvalue weighted by atomic mass is 16.5. The molecule has 0 aliphatic heterocycles. The van der Waals surface area contributed by atoms with Crippen molar-refractivity contribution in [1.82, 2.24) is 5.32 Å². The second-order valence-electron chi connectivity index (χ2n) is 7.50. The predicted octanol–water partition coefficient (Wildman–Crippen LogP) is 4.40. The Labute approximate surface area is 173 Å². The summed E-state index contributed by atoms with van der Waals surface area (Å²) < 4.78 is 10.8. The van der Waals surface area contributed by atoms with Crippen LogP contribution in [0, 0.1) is 12.3 Å². The first kappa shape index (κ1) is 20.8. The summed E-state index contributed by atoms with van der Waals surface area (Å²) in [5.74, 6) is 3.72. The van der Waals surface area contributed by atoms with Crippen LogP contribution in [0.25, 0.3) is 0 Å². The molecule has 1 amide bonds. The molecule has 1 aliphatic rings. The summed E-state index contributed by atoms with van der Waals surface area (Å²) in [6, 6.07) is 12.3. The smallest absolute Gasteiger partial charge is 0.220 e. The third kappa shape index (κ3) is 5.54. The first-order chi connectivity index (χ1) is 14.1. The number of carbonyl (C=O) groups excluding carboxylic acids is 1. The summed E-state index contributed by atoms with van der Waals surface area (Å²) in [5, 5.41) is 3.12. The Kier molecular flexibility index (Phi) is 7.19. The summed E-state index contributed by atoms with van der Waals surface area (Å²) in [5.41, 5.74) is 5.10. The van der Waals surface area contributed by atoms with E-state index in [1.807, 2.05) is 25.1 Å². The second kappa shape index (κ2) is 10.0. The lowest BCUT2D eigenvalue weighted by Crippen LogP contribution is -2.27. The fraction of sp³-hybridized carbons (Fsp3) is 0.400. The fourth-order valence-electron chi connectivity index (χ4n) is 3.78. The number of rotatable bonds is 8. The zero-order chi connectivity index (χ0) is 20.6. The molecule has 1 aliphatic carbocycles. The minimum atomic E-state index is 0.00352. The molecule has 0 saturated heterocycles. The maximum absolute atomic E-state index is 12.5. The van der Waals surface area contributed by atoms with Crippen LogP contribution in [-0.2, 0) is 24.1 Å². The van der Waals surface area contributed by atoms with Gasteiger partial charge < -0.3 is 14.8 Å². The molecule has 1 unspecified atom stereocenters. The Morgan fingerprint density at radius 2 is 1.93 bits per heavy atom. The number of terminal acetylenes is 1. The molecular weight excluding hydrogens is 362 g/mol. The molecule has 152 valence electrons. The van der Waals surface area contributed by atoms with E-state index in [-0.39, 0.29) is 18.6 Å². The van der Waals surface area contributed by atoms with Crippen LogP contribution in [0.2, 0.25) is 0 Å². The normalized spacial score (nSPS) is 13.7. The topological polar surface area (TPSA) is 47.6 Å². The highest BCUT2D eigenvalue weighted by molar-refractivity contribution is 5.76. The van der Waals surface area contributed by atoms with E-state index in [4.69, 9.17) is 15.9 Å². The lowest BCUT2D eigenvalue weighted by molar-refractivity contribution is -0.121. The van der Waals surface area contributed by atoms with E-state index < -0.39 is 0 Å². The standard InChI is InChI=1S/C25H29NO3/c1-4-15-29-23-13-9-19(16-24(23)28-3)10-14-25(27)26-18(2)21-12-11-20-7-5-6-8-22(20)17-21/h1,9,11-13,16-18H,5-8,10,14-15H2,2-3H3,(H,26,27). The third-order valence-corrected chi connectivity index (χ3v) is 5.43. The van der Waals surface area contributed by atoms with Crippen LogP contribution in [0.5, 0.6) is 11.5 Å². The largest absolute Gasteiger partial charge is 0.493 e. The molecule has 0 radical (unpaired) electrons. The van der Waals surface area contributed by atoms with Gasteiger partial charge in [0, 0.05) is 6.42 Å². The maximum Gasteiger partial charge on any atom is 0.220 e. The number of hydrogen-bond donors (Lipinski definition) is 1. The zero-order valence-corrected chi connectivity index (χ0v) is 17.3. The summed E-state index contributed by atoms with van der Waals surface area (Å²) in [6.45, 7) is 2.24. The molecule has 0 aromatic heterocycles. The van der Waals surface area contributed by atoms with Crippen molar-refractivity contribution in [3.8, 4) is 23.8 Å². The van der Waals surface area contributed by atoms with Crippen molar-refractivity contribution in [3.05, 3.63) is 58.7 Å². The molecule has 1 N–H and O–H groups in total. The van der Waals surface area contributed by atoms with Crippen LogP contribution < -0.4 is 14.8 Å². The van der Waals surface area contributed by atoms with Crippen LogP contribution in [0.3, 0.4) is 0 Å². The third-order valence-electron chi connectivity index (χ3n) is 5.43. The van der Waals surface area contributed by atoms with Crippen LogP contribution >= 0.6 is 0 Å². The van der Waals surface area contributed by atoms with E-state index in [1.54, 1.807) is 7.11 Å². The molecule has 2 aromatic carbocycles. The van der Waals surface area contributed by atoms with Gasteiger partial charge >= 0.3 is 0 Å². The van der Waals surface area contributed by atoms with Gasteiger partial charge in [0.05, 0.1) is 13.2 Å². The van der Waals surface area contributed by atoms with E-state index >= 15 is 0 Å². The van der Waals surface area contributed by atoms with Gasteiger partial charge in [-0.25, -0.2) is 0 Å². The molecule has 2 aromatic rings. The zero-order valence-electron chi connectivity index (χ0n) is 17.3. The van der Waals surface area contributed by atoms with Crippen molar-refractivity contribution in [2.24, 2.45) is 0 Å². The van der Waals surface area contributed by atoms with Gasteiger partial charge in [-0.05, 0) is 73.4 Å². The number of carbonyl (C=O) groups is 1. The summed E-state index contributed by atoms with van der Waals surface area (Å²) in [7, 11) is 1.59. The minimum absolute atomic E-state index is 0.00352. The van der Waals surface area contributed by atoms with E-state index in [0.717, 1.165) is 12.0 Å². The Hall–Kier alpha value is -2.93. The predicted molar refractivity (Wildman–Crippen MR) is 115 cm³/mol. The number of aryl methyl sites for hydroxylation is 3. The van der Waals surface area contributed by atoms with Crippen molar-refractivity contribution in [2.45, 2.75) is 51.5 Å². The monoisotopic (exact) mass is 391 g/mol. The van der Waals surface area contributed by atoms with Crippen molar-refractivity contribution in [1.29, 1.82) is 0 Å². The Bertz CT molecular complexity index is 897. The Balaban J connectivity index is 1.55. The quantitative estimate of drug-likeness (QED) is 0.679. The van der Waals surface area contributed by atoms with E-state index in [1.165, 1.54) is 36.0 Å². The molecule has 4 nitrogen and oxygen atoms in total. The number of hydrogen-bond acceptors (Lipinski definition) is 3. The van der Waals surface area contributed by atoms with E-state index in [0.29, 0.717) is 24.3 Å². The van der Waals surface area contributed by atoms with Gasteiger partial charge in [-0.3, -0.25) is 4.79 Å². The lowest BCUT2D eigenvalue weighted by atomic mass is 9.89. The van der Waals surface area contributed by atoms with Gasteiger partial charge in [-0.2, -0.15) is 0 Å². The molecule has 29 heavy (non-hydrogen) atoms. The summed E-state index contributed by atoms with van der Waals surface area (Å²) >= 11 is 0. The summed E-state index contributed by atoms with van der Waals surface area (Å²) in [4.78, 5) is 12.5. The van der Waals surface area contributed by atoms with Gasteiger partial charge in [-0.15, -0.1) is 6.42 Å². The average Bonchev–Trinajstić information content (AvgIpc) is 2.76. The number of fused-ring (bicyclic) bond motifs is 1. The number of ether oxygens (including phenoxy) is 2. The first-order valence-corrected chi connectivity index (χ1v) is 10.2. The number of benzene rings is 2. The first-order valence-electron chi connectivity index (χ1n) is 10.2. The van der Waals surface area contributed by atoms with Crippen LogP contribution in [0.4, 0.5) is 0 Å². The van der Waals surface area contributed by atoms with Gasteiger partial charge in [0.1, 0.15) is 6.61 Å². The van der Waals surface area contributed by atoms with Gasteiger partial charge in [-0.1, -0.05) is 30.2 Å². The lowest BCUT2D eigenvalue weighted by Gasteiger charge is -2.20. The van der Waals surface area contributed by atoms with Crippen molar-refractivity contribution in [3.63, 3.8) is 0 Å². The molecular formula is C25H29NO3. The Morgan fingerprint density at radius 3 is 2.69 bits per heavy atom. The number of nitrogens with one attached hydrogen (secondary N) is 1. The molecule has 1 atom stereocenters. The maximum atomic E-state index is 12.5. The molecule has 0 bridgehead atoms. The van der Waals surface area contributed by atoms with Crippen LogP contribution in [-0.4, -0.2) is 19.6 Å². The van der Waals surface area contributed by atoms with Crippen LogP contribution in [0.1, 0.15) is 54.5 Å².